The van der Waals surface area contributed by atoms with Crippen molar-refractivity contribution >= 4 is 23.4 Å². The van der Waals surface area contributed by atoms with Crippen LogP contribution in [0.1, 0.15) is 33.2 Å². The van der Waals surface area contributed by atoms with Crippen molar-refractivity contribution in [2.45, 2.75) is 12.8 Å². The molecule has 0 atom stereocenters. The number of benzene rings is 1. The Morgan fingerprint density at radius 2 is 1.87 bits per heavy atom. The minimum absolute atomic E-state index is 0.210. The van der Waals surface area contributed by atoms with E-state index >= 15 is 0 Å². The number of amides is 2. The first-order chi connectivity index (χ1) is 7.19. The maximum absolute atomic E-state index is 11.8. The Balaban J connectivity index is 2.53. The van der Waals surface area contributed by atoms with E-state index in [0.717, 1.165) is 5.56 Å². The average Bonchev–Trinajstić information content (AvgIpc) is 2.51. The van der Waals surface area contributed by atoms with Crippen LogP contribution < -0.4 is 0 Å². The summed E-state index contributed by atoms with van der Waals surface area (Å²) in [6.07, 6.45) is 0. The Kier molecular flexibility index (Phi) is 2.49. The van der Waals surface area contributed by atoms with Crippen LogP contribution in [-0.4, -0.2) is 23.3 Å². The Hall–Kier alpha value is -1.35. The minimum Gasteiger partial charge on any atom is -0.275 e. The second-order valence-electron chi connectivity index (χ2n) is 3.37. The summed E-state index contributed by atoms with van der Waals surface area (Å²) in [6, 6.07) is 5.14. The van der Waals surface area contributed by atoms with Gasteiger partial charge in [0.1, 0.15) is 0 Å². The van der Waals surface area contributed by atoms with Crippen LogP contribution >= 0.6 is 11.6 Å². The molecule has 4 heteroatoms. The molecule has 0 aliphatic carbocycles. The topological polar surface area (TPSA) is 37.4 Å². The van der Waals surface area contributed by atoms with Gasteiger partial charge in [-0.1, -0.05) is 6.07 Å². The number of hydrogen-bond acceptors (Lipinski definition) is 2. The molecule has 0 saturated heterocycles. The molecule has 1 aromatic rings. The van der Waals surface area contributed by atoms with Crippen LogP contribution in [0, 0.1) is 0 Å². The highest BCUT2D eigenvalue weighted by Gasteiger charge is 2.34. The summed E-state index contributed by atoms with van der Waals surface area (Å²) in [5.74, 6) is -0.0796. The van der Waals surface area contributed by atoms with Crippen LogP contribution in [0.5, 0.6) is 0 Å². The van der Waals surface area contributed by atoms with E-state index in [1.807, 2.05) is 0 Å². The second-order valence-corrected chi connectivity index (χ2v) is 3.64. The van der Waals surface area contributed by atoms with Gasteiger partial charge in [0, 0.05) is 12.4 Å². The van der Waals surface area contributed by atoms with Gasteiger partial charge in [-0.15, -0.1) is 11.6 Å². The van der Waals surface area contributed by atoms with Crippen LogP contribution in [0.25, 0.3) is 0 Å². The highest BCUT2D eigenvalue weighted by atomic mass is 35.5. The van der Waals surface area contributed by atoms with Gasteiger partial charge in [-0.3, -0.25) is 14.5 Å². The van der Waals surface area contributed by atoms with Crippen molar-refractivity contribution in [2.75, 3.05) is 6.54 Å². The number of hydrogen-bond donors (Lipinski definition) is 0. The zero-order valence-electron chi connectivity index (χ0n) is 8.29. The van der Waals surface area contributed by atoms with Crippen molar-refractivity contribution in [3.63, 3.8) is 0 Å². The molecule has 2 amide bonds. The number of alkyl halides is 1. The number of rotatable bonds is 2. The molecule has 0 aromatic heterocycles. The molecule has 3 nitrogen and oxygen atoms in total. The van der Waals surface area contributed by atoms with Gasteiger partial charge in [0.25, 0.3) is 11.8 Å². The van der Waals surface area contributed by atoms with Crippen molar-refractivity contribution in [2.24, 2.45) is 0 Å². The first kappa shape index (κ1) is 10.2. The molecule has 0 fully saturated rings. The van der Waals surface area contributed by atoms with E-state index in [2.05, 4.69) is 0 Å². The highest BCUT2D eigenvalue weighted by Crippen LogP contribution is 2.24. The number of nitrogens with zero attached hydrogens (tertiary/aromatic N) is 1. The molecule has 2 rings (SSSR count). The number of fused-ring (bicyclic) bond motifs is 1. The number of imide groups is 1. The third-order valence-electron chi connectivity index (χ3n) is 2.51. The largest absolute Gasteiger partial charge is 0.275 e. The average molecular weight is 224 g/mol. The lowest BCUT2D eigenvalue weighted by Crippen LogP contribution is -2.29. The Bertz CT molecular complexity index is 442. The van der Waals surface area contributed by atoms with E-state index in [0.29, 0.717) is 23.6 Å². The van der Waals surface area contributed by atoms with Gasteiger partial charge in [0.05, 0.1) is 11.1 Å². The third kappa shape index (κ3) is 1.43. The Morgan fingerprint density at radius 3 is 2.47 bits per heavy atom. The Labute approximate surface area is 92.6 Å². The Morgan fingerprint density at radius 1 is 1.20 bits per heavy atom. The summed E-state index contributed by atoms with van der Waals surface area (Å²) in [6.45, 7) is 2.19. The summed E-state index contributed by atoms with van der Waals surface area (Å²) >= 11 is 5.67. The molecule has 78 valence electrons. The van der Waals surface area contributed by atoms with Crippen LogP contribution in [0.2, 0.25) is 0 Å². The zero-order valence-corrected chi connectivity index (χ0v) is 9.04. The van der Waals surface area contributed by atoms with Gasteiger partial charge >= 0.3 is 0 Å². The number of carbonyl (C=O) groups excluding carboxylic acids is 2. The van der Waals surface area contributed by atoms with Crippen LogP contribution in [-0.2, 0) is 5.88 Å². The fourth-order valence-electron chi connectivity index (χ4n) is 1.71. The highest BCUT2D eigenvalue weighted by molar-refractivity contribution is 6.22. The van der Waals surface area contributed by atoms with E-state index in [1.54, 1.807) is 25.1 Å². The minimum atomic E-state index is -0.218. The van der Waals surface area contributed by atoms with Gasteiger partial charge in [0.2, 0.25) is 0 Å². The van der Waals surface area contributed by atoms with Crippen molar-refractivity contribution in [1.29, 1.82) is 0 Å². The maximum Gasteiger partial charge on any atom is 0.261 e. The van der Waals surface area contributed by atoms with Gasteiger partial charge in [0.15, 0.2) is 0 Å². The standard InChI is InChI=1S/C11H10ClNO2/c1-2-13-10(14)8-4-3-7(6-12)5-9(8)11(13)15/h3-5H,2,6H2,1H3. The van der Waals surface area contributed by atoms with Crippen LogP contribution in [0.15, 0.2) is 18.2 Å². The van der Waals surface area contributed by atoms with Crippen molar-refractivity contribution in [3.8, 4) is 0 Å². The molecule has 0 radical (unpaired) electrons. The monoisotopic (exact) mass is 223 g/mol. The van der Waals surface area contributed by atoms with Gasteiger partial charge in [-0.2, -0.15) is 0 Å². The van der Waals surface area contributed by atoms with Crippen molar-refractivity contribution in [3.05, 3.63) is 34.9 Å². The molecule has 0 bridgehead atoms. The van der Waals surface area contributed by atoms with Gasteiger partial charge in [-0.25, -0.2) is 0 Å². The summed E-state index contributed by atoms with van der Waals surface area (Å²) < 4.78 is 0. The normalized spacial score (nSPS) is 14.7. The summed E-state index contributed by atoms with van der Waals surface area (Å²) in [5.41, 5.74) is 1.81. The first-order valence-corrected chi connectivity index (χ1v) is 5.27. The van der Waals surface area contributed by atoms with Gasteiger partial charge in [-0.05, 0) is 24.6 Å². The molecule has 0 N–H and O–H groups in total. The van der Waals surface area contributed by atoms with Crippen molar-refractivity contribution < 1.29 is 9.59 Å². The molecule has 1 aliphatic rings. The molecule has 0 spiro atoms. The third-order valence-corrected chi connectivity index (χ3v) is 2.81. The summed E-state index contributed by atoms with van der Waals surface area (Å²) in [7, 11) is 0. The smallest absolute Gasteiger partial charge is 0.261 e. The maximum atomic E-state index is 11.8. The van der Waals surface area contributed by atoms with E-state index in [-0.39, 0.29) is 11.8 Å². The molecule has 15 heavy (non-hydrogen) atoms. The first-order valence-electron chi connectivity index (χ1n) is 4.74. The summed E-state index contributed by atoms with van der Waals surface area (Å²) in [5, 5.41) is 0. The van der Waals surface area contributed by atoms with E-state index in [9.17, 15) is 9.59 Å². The van der Waals surface area contributed by atoms with E-state index < -0.39 is 0 Å². The quantitative estimate of drug-likeness (QED) is 0.568. The molecular weight excluding hydrogens is 214 g/mol. The fourth-order valence-corrected chi connectivity index (χ4v) is 1.87. The lowest BCUT2D eigenvalue weighted by molar-refractivity contribution is 0.0663. The second kappa shape index (κ2) is 3.66. The zero-order chi connectivity index (χ0) is 11.0. The van der Waals surface area contributed by atoms with Crippen LogP contribution in [0.4, 0.5) is 0 Å². The number of carbonyl (C=O) groups is 2. The molecule has 0 saturated carbocycles. The lowest BCUT2D eigenvalue weighted by atomic mass is 10.1. The van der Waals surface area contributed by atoms with Crippen LogP contribution in [0.3, 0.4) is 0 Å². The molecule has 0 unspecified atom stereocenters. The fraction of sp³-hybridized carbons (Fsp3) is 0.273. The van der Waals surface area contributed by atoms with Crippen molar-refractivity contribution in [1.82, 2.24) is 4.90 Å². The lowest BCUT2D eigenvalue weighted by Gasteiger charge is -2.08. The molecule has 1 aromatic carbocycles. The van der Waals surface area contributed by atoms with E-state index in [4.69, 9.17) is 11.6 Å². The molecule has 1 aliphatic heterocycles. The van der Waals surface area contributed by atoms with Gasteiger partial charge < -0.3 is 0 Å². The summed E-state index contributed by atoms with van der Waals surface area (Å²) in [4.78, 5) is 24.7. The number of halogens is 1. The predicted molar refractivity (Wildman–Crippen MR) is 57.0 cm³/mol. The van der Waals surface area contributed by atoms with E-state index in [1.165, 1.54) is 4.90 Å². The molecule has 1 heterocycles. The molecular formula is C11H10ClNO2. The SMILES string of the molecule is CCN1C(=O)c2ccc(CCl)cc2C1=O. The predicted octanol–water partition coefficient (Wildman–Crippen LogP) is 2.04.